The lowest BCUT2D eigenvalue weighted by Crippen LogP contribution is -2.24. The quantitative estimate of drug-likeness (QED) is 0.133. The highest BCUT2D eigenvalue weighted by Crippen LogP contribution is 2.36. The van der Waals surface area contributed by atoms with Crippen molar-refractivity contribution in [1.29, 1.82) is 0 Å². The number of nitrogens with one attached hydrogen (secondary N) is 1. The molecular formula is C30H33F3N4O4S. The molecule has 3 aromatic rings. The van der Waals surface area contributed by atoms with E-state index < -0.39 is 29.7 Å². The average molecular weight is 603 g/mol. The van der Waals surface area contributed by atoms with Gasteiger partial charge in [-0.25, -0.2) is 4.39 Å². The highest BCUT2D eigenvalue weighted by atomic mass is 32.1. The second kappa shape index (κ2) is 16.3. The zero-order valence-electron chi connectivity index (χ0n) is 24.2. The van der Waals surface area contributed by atoms with Crippen LogP contribution in [0, 0.1) is 25.1 Å². The Kier molecular flexibility index (Phi) is 13.2. The van der Waals surface area contributed by atoms with Gasteiger partial charge < -0.3 is 14.2 Å². The first-order valence-electron chi connectivity index (χ1n) is 12.7. The molecule has 0 spiro atoms. The van der Waals surface area contributed by atoms with Crippen molar-refractivity contribution in [2.24, 2.45) is 0 Å². The molecule has 0 saturated heterocycles. The number of nitrogens with zero attached hydrogens (tertiary/aromatic N) is 3. The van der Waals surface area contributed by atoms with E-state index in [-0.39, 0.29) is 27.0 Å². The minimum atomic E-state index is -3.18. The number of carbonyl (C=O) groups is 1. The van der Waals surface area contributed by atoms with Crippen molar-refractivity contribution in [3.8, 4) is 34.4 Å². The van der Waals surface area contributed by atoms with Crippen molar-refractivity contribution in [2.45, 2.75) is 53.3 Å². The van der Waals surface area contributed by atoms with Crippen LogP contribution in [0.15, 0.2) is 54.3 Å². The molecule has 0 aliphatic rings. The Bertz CT molecular complexity index is 1450. The van der Waals surface area contributed by atoms with Crippen molar-refractivity contribution in [1.82, 2.24) is 15.2 Å². The topological polar surface area (TPSA) is 95.5 Å². The molecule has 0 unspecified atom stereocenters. The third-order valence-electron chi connectivity index (χ3n) is 5.70. The van der Waals surface area contributed by atoms with Gasteiger partial charge in [-0.15, -0.1) is 17.4 Å². The Labute approximate surface area is 247 Å². The van der Waals surface area contributed by atoms with Crippen molar-refractivity contribution >= 4 is 22.4 Å². The monoisotopic (exact) mass is 602 g/mol. The molecule has 12 heteroatoms. The second-order valence-corrected chi connectivity index (χ2v) is 9.92. The molecular weight excluding hydrogens is 569 g/mol. The maximum absolute atomic E-state index is 14.8. The number of carbonyl (C=O) groups excluding carboxylic acids is 1. The summed E-state index contributed by atoms with van der Waals surface area (Å²) in [4.78, 5) is 17.2. The number of aryl methyl sites for hydroxylation is 1. The van der Waals surface area contributed by atoms with E-state index in [1.165, 1.54) is 24.4 Å². The third kappa shape index (κ3) is 9.71. The van der Waals surface area contributed by atoms with Crippen molar-refractivity contribution in [3.63, 3.8) is 0 Å². The van der Waals surface area contributed by atoms with Crippen LogP contribution in [-0.2, 0) is 4.74 Å². The molecule has 1 amide bonds. The van der Waals surface area contributed by atoms with Crippen LogP contribution in [0.1, 0.15) is 50.2 Å². The van der Waals surface area contributed by atoms with Crippen molar-refractivity contribution in [3.05, 3.63) is 71.3 Å². The summed E-state index contributed by atoms with van der Waals surface area (Å²) in [5.74, 6) is 0.326. The molecule has 224 valence electrons. The summed E-state index contributed by atoms with van der Waals surface area (Å²) >= 11 is 1.00. The predicted molar refractivity (Wildman–Crippen MR) is 157 cm³/mol. The minimum absolute atomic E-state index is 0.0404. The SMILES string of the molecule is C#CC.C/C=C(\C=C/CCOc1nnc(NC(=O)c2cnc(C)cc2-c2c(F)cccc2OC(F)F)s1)C(C)(C)OC. The molecule has 1 N–H and O–H groups in total. The maximum atomic E-state index is 14.8. The summed E-state index contributed by atoms with van der Waals surface area (Å²) in [5.41, 5.74) is 0.762. The van der Waals surface area contributed by atoms with E-state index in [2.05, 4.69) is 37.6 Å². The summed E-state index contributed by atoms with van der Waals surface area (Å²) in [6, 6.07) is 4.94. The molecule has 0 atom stereocenters. The van der Waals surface area contributed by atoms with Gasteiger partial charge in [-0.05, 0) is 76.1 Å². The molecule has 0 bridgehead atoms. The van der Waals surface area contributed by atoms with Crippen LogP contribution >= 0.6 is 11.3 Å². The standard InChI is InChI=1S/C27H29F3N4O4S.C3H4/c1-6-17(27(3,4)36-5)10-7-8-13-37-26-34-33-25(39-26)32-23(35)19-15-31-16(2)14-18(19)22-20(28)11-9-12-21(22)38-24(29)30;1-3-2/h6-7,9-12,14-15,24H,8,13H2,1-5H3,(H,32,33,35);1H,2H3/b10-7-,17-6+;. The van der Waals surface area contributed by atoms with E-state index in [0.717, 1.165) is 23.0 Å². The Hall–Kier alpha value is -4.21. The van der Waals surface area contributed by atoms with Gasteiger partial charge in [0.25, 0.3) is 11.1 Å². The molecule has 0 saturated carbocycles. The molecule has 2 aromatic heterocycles. The number of ether oxygens (including phenoxy) is 3. The van der Waals surface area contributed by atoms with E-state index >= 15 is 0 Å². The van der Waals surface area contributed by atoms with Gasteiger partial charge in [0.1, 0.15) is 11.6 Å². The van der Waals surface area contributed by atoms with Crippen LogP contribution in [0.2, 0.25) is 0 Å². The second-order valence-electron chi connectivity index (χ2n) is 8.98. The number of terminal acetylenes is 1. The van der Waals surface area contributed by atoms with Crippen LogP contribution in [0.5, 0.6) is 10.9 Å². The van der Waals surface area contributed by atoms with Gasteiger partial charge in [0.05, 0.1) is 23.3 Å². The van der Waals surface area contributed by atoms with Gasteiger partial charge in [0.15, 0.2) is 0 Å². The van der Waals surface area contributed by atoms with Crippen LogP contribution < -0.4 is 14.8 Å². The molecule has 8 nitrogen and oxygen atoms in total. The third-order valence-corrected chi connectivity index (χ3v) is 6.45. The lowest BCUT2D eigenvalue weighted by Gasteiger charge is -2.24. The van der Waals surface area contributed by atoms with E-state index in [4.69, 9.17) is 9.47 Å². The normalized spacial score (nSPS) is 11.6. The van der Waals surface area contributed by atoms with E-state index in [1.54, 1.807) is 21.0 Å². The van der Waals surface area contributed by atoms with Gasteiger partial charge >= 0.3 is 6.61 Å². The summed E-state index contributed by atoms with van der Waals surface area (Å²) in [5, 5.41) is 10.8. The number of pyridine rings is 1. The molecule has 1 aromatic carbocycles. The predicted octanol–water partition coefficient (Wildman–Crippen LogP) is 7.24. The number of methoxy groups -OCH3 is 1. The maximum Gasteiger partial charge on any atom is 0.387 e. The molecule has 2 heterocycles. The minimum Gasteiger partial charge on any atom is -0.469 e. The number of halogens is 3. The lowest BCUT2D eigenvalue weighted by molar-refractivity contribution is -0.0495. The van der Waals surface area contributed by atoms with E-state index in [1.807, 2.05) is 39.0 Å². The van der Waals surface area contributed by atoms with Gasteiger partial charge in [0.2, 0.25) is 5.13 Å². The number of rotatable bonds is 12. The number of alkyl halides is 2. The number of hydrogen-bond acceptors (Lipinski definition) is 8. The molecule has 0 fully saturated rings. The fraction of sp³-hybridized carbons (Fsp3) is 0.333. The molecule has 0 aliphatic heterocycles. The Morgan fingerprint density at radius 1 is 1.29 bits per heavy atom. The summed E-state index contributed by atoms with van der Waals surface area (Å²) in [7, 11) is 1.65. The van der Waals surface area contributed by atoms with Crippen LogP contribution in [0.3, 0.4) is 0 Å². The van der Waals surface area contributed by atoms with Crippen LogP contribution in [0.25, 0.3) is 11.1 Å². The molecule has 42 heavy (non-hydrogen) atoms. The zero-order valence-corrected chi connectivity index (χ0v) is 25.0. The van der Waals surface area contributed by atoms with Gasteiger partial charge in [-0.3, -0.25) is 15.1 Å². The highest BCUT2D eigenvalue weighted by molar-refractivity contribution is 7.17. The van der Waals surface area contributed by atoms with Gasteiger partial charge in [-0.2, -0.15) is 8.78 Å². The average Bonchev–Trinajstić information content (AvgIpc) is 3.37. The van der Waals surface area contributed by atoms with Crippen LogP contribution in [0.4, 0.5) is 18.3 Å². The van der Waals surface area contributed by atoms with E-state index in [0.29, 0.717) is 18.7 Å². The Balaban J connectivity index is 0.00000197. The number of anilines is 1. The fourth-order valence-corrected chi connectivity index (χ4v) is 4.19. The molecule has 3 rings (SSSR count). The first kappa shape index (κ1) is 34.0. The Morgan fingerprint density at radius 2 is 2.00 bits per heavy atom. The lowest BCUT2D eigenvalue weighted by atomic mass is 9.97. The summed E-state index contributed by atoms with van der Waals surface area (Å²) in [6.07, 6.45) is 12.3. The summed E-state index contributed by atoms with van der Waals surface area (Å²) in [6.45, 7) is 6.32. The fourth-order valence-electron chi connectivity index (χ4n) is 3.58. The van der Waals surface area contributed by atoms with Gasteiger partial charge in [-0.1, -0.05) is 29.4 Å². The summed E-state index contributed by atoms with van der Waals surface area (Å²) < 4.78 is 56.3. The number of allylic oxidation sites excluding steroid dienone is 1. The number of aromatic nitrogens is 3. The Morgan fingerprint density at radius 3 is 2.64 bits per heavy atom. The van der Waals surface area contributed by atoms with Crippen molar-refractivity contribution < 1.29 is 32.2 Å². The molecule has 0 aliphatic carbocycles. The zero-order chi connectivity index (χ0) is 31.3. The first-order chi connectivity index (χ1) is 20.0. The smallest absolute Gasteiger partial charge is 0.387 e. The van der Waals surface area contributed by atoms with Gasteiger partial charge in [0, 0.05) is 24.6 Å². The largest absolute Gasteiger partial charge is 0.469 e. The highest BCUT2D eigenvalue weighted by Gasteiger charge is 2.23. The van der Waals surface area contributed by atoms with Crippen LogP contribution in [-0.4, -0.2) is 47.0 Å². The van der Waals surface area contributed by atoms with Crippen molar-refractivity contribution in [2.75, 3.05) is 19.0 Å². The molecule has 0 radical (unpaired) electrons. The number of benzene rings is 1. The number of hydrogen-bond donors (Lipinski definition) is 1. The number of amides is 1. The first-order valence-corrected chi connectivity index (χ1v) is 13.5. The van der Waals surface area contributed by atoms with E-state index in [9.17, 15) is 18.0 Å².